The summed E-state index contributed by atoms with van der Waals surface area (Å²) in [5, 5.41) is 6.21. The molecule has 132 valence electrons. The van der Waals surface area contributed by atoms with E-state index in [1.54, 1.807) is 29.8 Å². The number of hydrogen-bond acceptors (Lipinski definition) is 6. The van der Waals surface area contributed by atoms with Gasteiger partial charge in [-0.15, -0.1) is 16.4 Å². The Balaban J connectivity index is 1.73. The van der Waals surface area contributed by atoms with Gasteiger partial charge in [0.15, 0.2) is 0 Å². The second kappa shape index (κ2) is 6.43. The summed E-state index contributed by atoms with van der Waals surface area (Å²) in [5.41, 5.74) is 1.63. The van der Waals surface area contributed by atoms with Crippen LogP contribution in [0.4, 0.5) is 5.95 Å². The van der Waals surface area contributed by atoms with Crippen molar-refractivity contribution in [1.29, 1.82) is 0 Å². The SMILES string of the molecule is COc1ccccc1-c1csc2nc(NS(=O)(=O)c3ccccc3)nn12. The number of sulfonamides is 1. The minimum atomic E-state index is -3.74. The van der Waals surface area contributed by atoms with Crippen molar-refractivity contribution in [3.8, 4) is 17.0 Å². The molecule has 0 amide bonds. The van der Waals surface area contributed by atoms with Gasteiger partial charge >= 0.3 is 0 Å². The summed E-state index contributed by atoms with van der Waals surface area (Å²) in [5.74, 6) is 0.728. The van der Waals surface area contributed by atoms with Gasteiger partial charge in [0, 0.05) is 10.9 Å². The van der Waals surface area contributed by atoms with Gasteiger partial charge in [0.25, 0.3) is 16.0 Å². The van der Waals surface area contributed by atoms with Gasteiger partial charge in [-0.05, 0) is 24.3 Å². The maximum absolute atomic E-state index is 12.4. The first kappa shape index (κ1) is 16.6. The van der Waals surface area contributed by atoms with E-state index >= 15 is 0 Å². The molecule has 0 bridgehead atoms. The summed E-state index contributed by atoms with van der Waals surface area (Å²) < 4.78 is 34.3. The molecule has 1 N–H and O–H groups in total. The molecule has 0 aliphatic rings. The predicted octanol–water partition coefficient (Wildman–Crippen LogP) is 3.27. The molecule has 0 unspecified atom stereocenters. The van der Waals surface area contributed by atoms with Crippen LogP contribution in [0, 0.1) is 0 Å². The third-order valence-corrected chi connectivity index (χ3v) is 5.90. The molecule has 4 rings (SSSR count). The van der Waals surface area contributed by atoms with E-state index in [4.69, 9.17) is 4.74 Å². The minimum Gasteiger partial charge on any atom is -0.496 e. The molecule has 2 heterocycles. The van der Waals surface area contributed by atoms with Crippen molar-refractivity contribution >= 4 is 32.3 Å². The lowest BCUT2D eigenvalue weighted by Crippen LogP contribution is -2.14. The molecule has 2 aromatic heterocycles. The monoisotopic (exact) mass is 386 g/mol. The van der Waals surface area contributed by atoms with E-state index in [0.29, 0.717) is 10.7 Å². The van der Waals surface area contributed by atoms with Gasteiger partial charge in [0.2, 0.25) is 4.96 Å². The molecule has 7 nitrogen and oxygen atoms in total. The van der Waals surface area contributed by atoms with Gasteiger partial charge in [-0.1, -0.05) is 30.3 Å². The molecule has 0 spiro atoms. The van der Waals surface area contributed by atoms with Crippen LogP contribution in [0.2, 0.25) is 0 Å². The van der Waals surface area contributed by atoms with Crippen molar-refractivity contribution in [3.63, 3.8) is 0 Å². The van der Waals surface area contributed by atoms with E-state index < -0.39 is 10.0 Å². The van der Waals surface area contributed by atoms with Crippen LogP contribution >= 0.6 is 11.3 Å². The number of anilines is 1. The number of methoxy groups -OCH3 is 1. The molecule has 0 fully saturated rings. The number of benzene rings is 2. The van der Waals surface area contributed by atoms with Gasteiger partial charge in [0.1, 0.15) is 5.75 Å². The Morgan fingerprint density at radius 3 is 2.58 bits per heavy atom. The van der Waals surface area contributed by atoms with E-state index in [0.717, 1.165) is 11.3 Å². The van der Waals surface area contributed by atoms with Crippen LogP contribution in [0.15, 0.2) is 64.9 Å². The maximum Gasteiger partial charge on any atom is 0.264 e. The largest absolute Gasteiger partial charge is 0.496 e. The Morgan fingerprint density at radius 2 is 1.81 bits per heavy atom. The molecule has 0 radical (unpaired) electrons. The van der Waals surface area contributed by atoms with Crippen molar-refractivity contribution in [2.24, 2.45) is 0 Å². The number of nitrogens with zero attached hydrogens (tertiary/aromatic N) is 3. The minimum absolute atomic E-state index is 0.0249. The van der Waals surface area contributed by atoms with E-state index in [9.17, 15) is 8.42 Å². The highest BCUT2D eigenvalue weighted by Crippen LogP contribution is 2.32. The second-order valence-corrected chi connectivity index (χ2v) is 7.89. The number of nitrogens with one attached hydrogen (secondary N) is 1. The molecule has 0 atom stereocenters. The van der Waals surface area contributed by atoms with E-state index in [1.165, 1.54) is 23.5 Å². The van der Waals surface area contributed by atoms with Crippen molar-refractivity contribution in [2.45, 2.75) is 4.90 Å². The van der Waals surface area contributed by atoms with E-state index in [2.05, 4.69) is 14.8 Å². The first-order chi connectivity index (χ1) is 12.6. The fourth-order valence-corrected chi connectivity index (χ4v) is 4.33. The lowest BCUT2D eigenvalue weighted by atomic mass is 10.1. The number of fused-ring (bicyclic) bond motifs is 1. The van der Waals surface area contributed by atoms with Gasteiger partial charge in [-0.25, -0.2) is 17.7 Å². The molecule has 2 aromatic carbocycles. The van der Waals surface area contributed by atoms with Gasteiger partial charge < -0.3 is 4.74 Å². The van der Waals surface area contributed by atoms with Crippen LogP contribution in [0.1, 0.15) is 0 Å². The lowest BCUT2D eigenvalue weighted by Gasteiger charge is -2.06. The van der Waals surface area contributed by atoms with Crippen molar-refractivity contribution in [2.75, 3.05) is 11.8 Å². The average Bonchev–Trinajstić information content (AvgIpc) is 3.22. The van der Waals surface area contributed by atoms with Crippen LogP contribution in [0.3, 0.4) is 0 Å². The zero-order valence-corrected chi connectivity index (χ0v) is 15.3. The van der Waals surface area contributed by atoms with Gasteiger partial charge in [-0.3, -0.25) is 0 Å². The van der Waals surface area contributed by atoms with E-state index in [-0.39, 0.29) is 10.8 Å². The Hall–Kier alpha value is -2.91. The van der Waals surface area contributed by atoms with Crippen LogP contribution < -0.4 is 9.46 Å². The molecule has 0 saturated carbocycles. The van der Waals surface area contributed by atoms with E-state index in [1.807, 2.05) is 29.6 Å². The fraction of sp³-hybridized carbons (Fsp3) is 0.0588. The smallest absolute Gasteiger partial charge is 0.264 e. The standard InChI is InChI=1S/C17H14N4O3S2/c1-24-15-10-6-5-9-13(15)14-11-25-17-18-16(19-21(14)17)20-26(22,23)12-7-3-2-4-8-12/h2-11H,1H3,(H,19,20). The normalized spacial score (nSPS) is 11.6. The molecule has 0 aliphatic carbocycles. The molecule has 0 aliphatic heterocycles. The van der Waals surface area contributed by atoms with Gasteiger partial charge in [-0.2, -0.15) is 4.98 Å². The zero-order valence-electron chi connectivity index (χ0n) is 13.7. The van der Waals surface area contributed by atoms with Crippen molar-refractivity contribution < 1.29 is 13.2 Å². The third kappa shape index (κ3) is 2.91. The molecular formula is C17H14N4O3S2. The average molecular weight is 386 g/mol. The van der Waals surface area contributed by atoms with Crippen LogP contribution in [0.25, 0.3) is 16.2 Å². The zero-order chi connectivity index (χ0) is 18.1. The Kier molecular flexibility index (Phi) is 4.09. The summed E-state index contributed by atoms with van der Waals surface area (Å²) in [6, 6.07) is 15.7. The number of rotatable bonds is 5. The predicted molar refractivity (Wildman–Crippen MR) is 100 cm³/mol. The topological polar surface area (TPSA) is 85.6 Å². The summed E-state index contributed by atoms with van der Waals surface area (Å²) in [7, 11) is -2.14. The Morgan fingerprint density at radius 1 is 1.08 bits per heavy atom. The highest BCUT2D eigenvalue weighted by Gasteiger charge is 2.19. The summed E-state index contributed by atoms with van der Waals surface area (Å²) in [6.45, 7) is 0. The summed E-state index contributed by atoms with van der Waals surface area (Å²) >= 11 is 1.37. The Labute approximate surface area is 154 Å². The molecule has 0 saturated heterocycles. The van der Waals surface area contributed by atoms with Crippen molar-refractivity contribution in [3.05, 3.63) is 60.0 Å². The lowest BCUT2D eigenvalue weighted by molar-refractivity contribution is 0.416. The van der Waals surface area contributed by atoms with Crippen molar-refractivity contribution in [1.82, 2.24) is 14.6 Å². The number of hydrogen-bond donors (Lipinski definition) is 1. The first-order valence-corrected chi connectivity index (χ1v) is 10.0. The maximum atomic E-state index is 12.4. The highest BCUT2D eigenvalue weighted by molar-refractivity contribution is 7.92. The molecule has 9 heteroatoms. The van der Waals surface area contributed by atoms with Crippen LogP contribution in [0.5, 0.6) is 5.75 Å². The van der Waals surface area contributed by atoms with Crippen LogP contribution in [-0.4, -0.2) is 30.1 Å². The van der Waals surface area contributed by atoms with Crippen LogP contribution in [-0.2, 0) is 10.0 Å². The number of aromatic nitrogens is 3. The highest BCUT2D eigenvalue weighted by atomic mass is 32.2. The quantitative estimate of drug-likeness (QED) is 0.569. The van der Waals surface area contributed by atoms with Gasteiger partial charge in [0.05, 0.1) is 17.7 Å². The first-order valence-electron chi connectivity index (χ1n) is 7.64. The Bertz CT molecular complexity index is 1170. The molecule has 4 aromatic rings. The molecular weight excluding hydrogens is 372 g/mol. The molecule has 26 heavy (non-hydrogen) atoms. The number of para-hydroxylation sites is 1. The number of thiazole rings is 1. The second-order valence-electron chi connectivity index (χ2n) is 5.37. The fourth-order valence-electron chi connectivity index (χ4n) is 2.55. The third-order valence-electron chi connectivity index (χ3n) is 3.74. The summed E-state index contributed by atoms with van der Waals surface area (Å²) in [6.07, 6.45) is 0. The summed E-state index contributed by atoms with van der Waals surface area (Å²) in [4.78, 5) is 5.00. The number of ether oxygens (including phenoxy) is 1.